The van der Waals surface area contributed by atoms with Gasteiger partial charge in [-0.15, -0.1) is 0 Å². The van der Waals surface area contributed by atoms with Gasteiger partial charge in [0.05, 0.1) is 24.7 Å². The summed E-state index contributed by atoms with van der Waals surface area (Å²) in [5.41, 5.74) is 3.11. The number of piperazine rings is 1. The fourth-order valence-electron chi connectivity index (χ4n) is 4.32. The van der Waals surface area contributed by atoms with Crippen LogP contribution in [0.15, 0.2) is 54.7 Å². The number of aromatic nitrogens is 3. The largest absolute Gasteiger partial charge is 0.481 e. The van der Waals surface area contributed by atoms with Gasteiger partial charge in [-0.1, -0.05) is 36.8 Å². The molecule has 5 rings (SSSR count). The Hall–Kier alpha value is -3.19. The van der Waals surface area contributed by atoms with Crippen LogP contribution in [-0.4, -0.2) is 69.8 Å². The van der Waals surface area contributed by atoms with Gasteiger partial charge in [0.2, 0.25) is 5.88 Å². The molecule has 1 saturated carbocycles. The number of ether oxygens (including phenoxy) is 1. The summed E-state index contributed by atoms with van der Waals surface area (Å²) in [6.45, 7) is 3.41. The van der Waals surface area contributed by atoms with E-state index in [4.69, 9.17) is 9.84 Å². The first-order valence-corrected chi connectivity index (χ1v) is 10.9. The average Bonchev–Trinajstić information content (AvgIpc) is 3.24. The minimum Gasteiger partial charge on any atom is -0.481 e. The van der Waals surface area contributed by atoms with Gasteiger partial charge in [-0.2, -0.15) is 5.10 Å². The molecule has 0 bridgehead atoms. The van der Waals surface area contributed by atoms with Crippen LogP contribution in [0.4, 0.5) is 0 Å². The highest BCUT2D eigenvalue weighted by Gasteiger charge is 2.30. The quantitative estimate of drug-likeness (QED) is 0.638. The van der Waals surface area contributed by atoms with E-state index in [-0.39, 0.29) is 5.91 Å². The third-order valence-corrected chi connectivity index (χ3v) is 6.37. The third-order valence-electron chi connectivity index (χ3n) is 6.37. The molecule has 2 fully saturated rings. The monoisotopic (exact) mass is 417 g/mol. The number of benzene rings is 1. The van der Waals surface area contributed by atoms with Crippen molar-refractivity contribution < 1.29 is 9.53 Å². The smallest absolute Gasteiger partial charge is 0.274 e. The molecule has 1 aliphatic heterocycles. The molecule has 0 unspecified atom stereocenters. The third kappa shape index (κ3) is 3.93. The maximum atomic E-state index is 13.3. The van der Waals surface area contributed by atoms with Gasteiger partial charge in [0.15, 0.2) is 5.69 Å². The van der Waals surface area contributed by atoms with Gasteiger partial charge in [0.1, 0.15) is 0 Å². The van der Waals surface area contributed by atoms with Crippen molar-refractivity contribution in [1.82, 2.24) is 24.6 Å². The Bertz CT molecular complexity index is 1040. The molecule has 1 saturated heterocycles. The highest BCUT2D eigenvalue weighted by molar-refractivity contribution is 5.93. The topological polar surface area (TPSA) is 63.5 Å². The number of hydrogen-bond donors (Lipinski definition) is 0. The average molecular weight is 418 g/mol. The van der Waals surface area contributed by atoms with Crippen molar-refractivity contribution in [2.45, 2.75) is 25.3 Å². The standard InChI is InChI=1S/C24H27N5O2/c1-31-23-11-10-20(17-25-23)29-22(18-6-3-2-4-7-18)16-21(26-29)24(30)28-14-12-27(13-15-28)19-8-5-9-19/h2-4,6-7,10-11,16-17,19H,5,8-9,12-15H2,1H3. The molecule has 0 spiro atoms. The molecule has 3 heterocycles. The number of carbonyl (C=O) groups excluding carboxylic acids is 1. The van der Waals surface area contributed by atoms with Crippen molar-refractivity contribution in [2.75, 3.05) is 33.3 Å². The van der Waals surface area contributed by atoms with Crippen LogP contribution in [0.1, 0.15) is 29.8 Å². The Labute approximate surface area is 182 Å². The van der Waals surface area contributed by atoms with Crippen molar-refractivity contribution in [1.29, 1.82) is 0 Å². The van der Waals surface area contributed by atoms with E-state index in [9.17, 15) is 4.79 Å². The van der Waals surface area contributed by atoms with Gasteiger partial charge in [0, 0.05) is 43.9 Å². The van der Waals surface area contributed by atoms with Crippen LogP contribution in [0.25, 0.3) is 16.9 Å². The molecule has 2 aromatic heterocycles. The molecule has 1 aromatic carbocycles. The summed E-state index contributed by atoms with van der Waals surface area (Å²) < 4.78 is 6.97. The second-order valence-electron chi connectivity index (χ2n) is 8.16. The van der Waals surface area contributed by atoms with Crippen molar-refractivity contribution in [3.63, 3.8) is 0 Å². The van der Waals surface area contributed by atoms with Gasteiger partial charge in [-0.05, 0) is 25.0 Å². The highest BCUT2D eigenvalue weighted by atomic mass is 16.5. The van der Waals surface area contributed by atoms with Gasteiger partial charge < -0.3 is 9.64 Å². The first kappa shape index (κ1) is 19.8. The van der Waals surface area contributed by atoms with Gasteiger partial charge in [0.25, 0.3) is 5.91 Å². The van der Waals surface area contributed by atoms with Crippen molar-refractivity contribution in [3.8, 4) is 22.8 Å². The number of carbonyl (C=O) groups is 1. The van der Waals surface area contributed by atoms with E-state index in [0.717, 1.165) is 49.2 Å². The van der Waals surface area contributed by atoms with Crippen molar-refractivity contribution in [3.05, 3.63) is 60.4 Å². The van der Waals surface area contributed by atoms with Crippen LogP contribution in [0.2, 0.25) is 0 Å². The molecule has 3 aromatic rings. The minimum atomic E-state index is -0.00865. The number of nitrogens with zero attached hydrogens (tertiary/aromatic N) is 5. The normalized spacial score (nSPS) is 17.4. The van der Waals surface area contributed by atoms with Crippen LogP contribution in [-0.2, 0) is 0 Å². The van der Waals surface area contributed by atoms with E-state index < -0.39 is 0 Å². The van der Waals surface area contributed by atoms with Crippen LogP contribution < -0.4 is 4.74 Å². The van der Waals surface area contributed by atoms with Gasteiger partial charge in [-0.25, -0.2) is 9.67 Å². The Morgan fingerprint density at radius 2 is 1.81 bits per heavy atom. The maximum Gasteiger partial charge on any atom is 0.274 e. The Balaban J connectivity index is 1.42. The molecule has 7 nitrogen and oxygen atoms in total. The minimum absolute atomic E-state index is 0.00865. The zero-order valence-corrected chi connectivity index (χ0v) is 17.8. The predicted octanol–water partition coefficient (Wildman–Crippen LogP) is 3.25. The summed E-state index contributed by atoms with van der Waals surface area (Å²) in [5, 5.41) is 4.70. The van der Waals surface area contributed by atoms with E-state index in [0.29, 0.717) is 11.6 Å². The van der Waals surface area contributed by atoms with Gasteiger partial charge in [-0.3, -0.25) is 9.69 Å². The molecule has 0 N–H and O–H groups in total. The Kier molecular flexibility index (Phi) is 5.42. The molecule has 31 heavy (non-hydrogen) atoms. The lowest BCUT2D eigenvalue weighted by molar-refractivity contribution is 0.0451. The summed E-state index contributed by atoms with van der Waals surface area (Å²) in [7, 11) is 1.59. The van der Waals surface area contributed by atoms with E-state index in [1.165, 1.54) is 19.3 Å². The summed E-state index contributed by atoms with van der Waals surface area (Å²) in [6, 6.07) is 16.3. The summed E-state index contributed by atoms with van der Waals surface area (Å²) in [5.74, 6) is 0.531. The number of rotatable bonds is 5. The summed E-state index contributed by atoms with van der Waals surface area (Å²) in [4.78, 5) is 22.1. The van der Waals surface area contributed by atoms with Crippen LogP contribution in [0, 0.1) is 0 Å². The zero-order valence-electron chi connectivity index (χ0n) is 17.8. The van der Waals surface area contributed by atoms with Crippen LogP contribution >= 0.6 is 0 Å². The fraction of sp³-hybridized carbons (Fsp3) is 0.375. The first-order valence-electron chi connectivity index (χ1n) is 10.9. The van der Waals surface area contributed by atoms with Crippen LogP contribution in [0.5, 0.6) is 5.88 Å². The van der Waals surface area contributed by atoms with E-state index in [1.807, 2.05) is 47.4 Å². The van der Waals surface area contributed by atoms with E-state index in [2.05, 4.69) is 9.88 Å². The second kappa shape index (κ2) is 8.51. The molecule has 160 valence electrons. The molecule has 1 amide bonds. The molecular weight excluding hydrogens is 390 g/mol. The number of amides is 1. The number of pyridine rings is 1. The van der Waals surface area contributed by atoms with E-state index in [1.54, 1.807) is 24.1 Å². The lowest BCUT2D eigenvalue weighted by Crippen LogP contribution is -2.53. The lowest BCUT2D eigenvalue weighted by atomic mass is 9.91. The molecule has 7 heteroatoms. The highest BCUT2D eigenvalue weighted by Crippen LogP contribution is 2.27. The number of methoxy groups -OCH3 is 1. The molecular formula is C24H27N5O2. The van der Waals surface area contributed by atoms with E-state index >= 15 is 0 Å². The molecule has 1 aliphatic carbocycles. The predicted molar refractivity (Wildman–Crippen MR) is 118 cm³/mol. The Morgan fingerprint density at radius 1 is 1.03 bits per heavy atom. The van der Waals surface area contributed by atoms with Gasteiger partial charge >= 0.3 is 0 Å². The lowest BCUT2D eigenvalue weighted by Gasteiger charge is -2.42. The molecule has 2 aliphatic rings. The zero-order chi connectivity index (χ0) is 21.2. The van der Waals surface area contributed by atoms with Crippen molar-refractivity contribution in [2.24, 2.45) is 0 Å². The summed E-state index contributed by atoms with van der Waals surface area (Å²) in [6.07, 6.45) is 5.65. The second-order valence-corrected chi connectivity index (χ2v) is 8.16. The molecule has 0 atom stereocenters. The maximum absolute atomic E-state index is 13.3. The first-order chi connectivity index (χ1) is 15.2. The summed E-state index contributed by atoms with van der Waals surface area (Å²) >= 11 is 0. The fourth-order valence-corrected chi connectivity index (χ4v) is 4.32. The Morgan fingerprint density at radius 3 is 2.42 bits per heavy atom. The van der Waals surface area contributed by atoms with Crippen LogP contribution in [0.3, 0.4) is 0 Å². The number of hydrogen-bond acceptors (Lipinski definition) is 5. The molecule has 0 radical (unpaired) electrons. The SMILES string of the molecule is COc1ccc(-n2nc(C(=O)N3CCN(C4CCC4)CC3)cc2-c2ccccc2)cn1. The van der Waals surface area contributed by atoms with Crippen molar-refractivity contribution >= 4 is 5.91 Å².